The van der Waals surface area contributed by atoms with Crippen LogP contribution in [0, 0.1) is 6.92 Å². The van der Waals surface area contributed by atoms with E-state index in [1.807, 2.05) is 36.4 Å². The van der Waals surface area contributed by atoms with E-state index in [9.17, 15) is 9.90 Å². The number of carbonyl (C=O) groups is 1. The van der Waals surface area contributed by atoms with Crippen LogP contribution in [-0.2, 0) is 0 Å². The number of aromatic nitrogens is 1. The summed E-state index contributed by atoms with van der Waals surface area (Å²) in [6, 6.07) is 27.2. The largest absolute Gasteiger partial charge is 0.507 e. The monoisotopic (exact) mass is 466 g/mol. The summed E-state index contributed by atoms with van der Waals surface area (Å²) in [6.45, 7) is 7.91. The van der Waals surface area contributed by atoms with Gasteiger partial charge < -0.3 is 14.6 Å². The molecule has 1 heterocycles. The van der Waals surface area contributed by atoms with Gasteiger partial charge in [0.25, 0.3) is 5.91 Å². The molecule has 6 nitrogen and oxygen atoms in total. The van der Waals surface area contributed by atoms with Crippen molar-refractivity contribution < 1.29 is 9.90 Å². The first-order valence-electron chi connectivity index (χ1n) is 11.8. The maximum absolute atomic E-state index is 12.6. The number of nitrogens with one attached hydrogen (secondary N) is 1. The second kappa shape index (κ2) is 10.7. The molecule has 0 atom stereocenters. The zero-order valence-electron chi connectivity index (χ0n) is 20.3. The van der Waals surface area contributed by atoms with Crippen LogP contribution in [0.5, 0.6) is 5.75 Å². The van der Waals surface area contributed by atoms with Crippen LogP contribution in [0.3, 0.4) is 0 Å². The lowest BCUT2D eigenvalue weighted by Crippen LogP contribution is -2.21. The van der Waals surface area contributed by atoms with Crippen molar-refractivity contribution >= 4 is 17.8 Å². The van der Waals surface area contributed by atoms with Crippen molar-refractivity contribution in [3.8, 4) is 22.7 Å². The molecule has 0 fully saturated rings. The van der Waals surface area contributed by atoms with Gasteiger partial charge in [-0.3, -0.25) is 4.79 Å². The first kappa shape index (κ1) is 23.8. The number of amides is 1. The summed E-state index contributed by atoms with van der Waals surface area (Å²) in [5.74, 6) is -0.201. The van der Waals surface area contributed by atoms with Crippen LogP contribution in [0.2, 0.25) is 0 Å². The second-order valence-electron chi connectivity index (χ2n) is 8.22. The van der Waals surface area contributed by atoms with Crippen LogP contribution in [0.4, 0.5) is 5.69 Å². The van der Waals surface area contributed by atoms with E-state index in [0.717, 1.165) is 41.4 Å². The van der Waals surface area contributed by atoms with E-state index in [1.54, 1.807) is 24.3 Å². The van der Waals surface area contributed by atoms with Crippen molar-refractivity contribution in [2.24, 2.45) is 5.10 Å². The lowest BCUT2D eigenvalue weighted by molar-refractivity contribution is 0.0955. The Morgan fingerprint density at radius 1 is 0.971 bits per heavy atom. The van der Waals surface area contributed by atoms with Crippen LogP contribution in [0.1, 0.15) is 35.5 Å². The quantitative estimate of drug-likeness (QED) is 0.256. The van der Waals surface area contributed by atoms with E-state index in [2.05, 4.69) is 65.0 Å². The Bertz CT molecular complexity index is 1320. The summed E-state index contributed by atoms with van der Waals surface area (Å²) in [6.07, 6.45) is 1.45. The molecule has 6 heteroatoms. The van der Waals surface area contributed by atoms with Gasteiger partial charge in [-0.05, 0) is 74.9 Å². The molecule has 0 bridgehead atoms. The number of phenolic OH excluding ortho intramolecular Hbond substituents is 1. The third-order valence-corrected chi connectivity index (χ3v) is 6.05. The van der Waals surface area contributed by atoms with E-state index >= 15 is 0 Å². The number of rotatable bonds is 8. The number of nitrogens with zero attached hydrogens (tertiary/aromatic N) is 3. The maximum Gasteiger partial charge on any atom is 0.271 e. The van der Waals surface area contributed by atoms with Crippen LogP contribution < -0.4 is 10.3 Å². The molecule has 0 unspecified atom stereocenters. The van der Waals surface area contributed by atoms with Crippen molar-refractivity contribution in [1.29, 1.82) is 0 Å². The first-order valence-corrected chi connectivity index (χ1v) is 11.8. The Balaban J connectivity index is 1.45. The van der Waals surface area contributed by atoms with E-state index in [4.69, 9.17) is 0 Å². The Kier molecular flexibility index (Phi) is 7.31. The zero-order chi connectivity index (χ0) is 24.8. The van der Waals surface area contributed by atoms with E-state index in [0.29, 0.717) is 11.1 Å². The fourth-order valence-electron chi connectivity index (χ4n) is 4.13. The average Bonchev–Trinajstić information content (AvgIpc) is 3.28. The SMILES string of the molecule is CCN(CC)c1ccc(/C=N/NC(=O)c2ccc(-n3c(C)ccc3-c3ccccc3)cc2)c(O)c1. The van der Waals surface area contributed by atoms with Gasteiger partial charge in [-0.15, -0.1) is 0 Å². The topological polar surface area (TPSA) is 69.9 Å². The fraction of sp³-hybridized carbons (Fsp3) is 0.172. The Morgan fingerprint density at radius 2 is 1.69 bits per heavy atom. The first-order chi connectivity index (χ1) is 17.0. The number of aromatic hydroxyl groups is 1. The predicted molar refractivity (Wildman–Crippen MR) is 143 cm³/mol. The molecule has 0 aliphatic rings. The highest BCUT2D eigenvalue weighted by Crippen LogP contribution is 2.27. The number of hydrogen-bond donors (Lipinski definition) is 2. The molecule has 0 spiro atoms. The van der Waals surface area contributed by atoms with E-state index < -0.39 is 0 Å². The number of hydrazone groups is 1. The van der Waals surface area contributed by atoms with Crippen molar-refractivity contribution in [1.82, 2.24) is 9.99 Å². The Morgan fingerprint density at radius 3 is 2.34 bits per heavy atom. The van der Waals surface area contributed by atoms with Crippen LogP contribution in [0.15, 0.2) is 90.0 Å². The minimum absolute atomic E-state index is 0.119. The standard InChI is InChI=1S/C29H30N4O2/c1-4-32(5-2)26-17-14-24(28(34)19-26)20-30-31-29(35)23-12-15-25(16-13-23)33-21(3)11-18-27(33)22-9-7-6-8-10-22/h6-20,34H,4-5H2,1-3H3,(H,31,35)/b30-20+. The van der Waals surface area contributed by atoms with Gasteiger partial charge in [-0.1, -0.05) is 30.3 Å². The molecule has 4 aromatic rings. The fourth-order valence-corrected chi connectivity index (χ4v) is 4.13. The van der Waals surface area contributed by atoms with Gasteiger partial charge in [-0.2, -0.15) is 5.10 Å². The summed E-state index contributed by atoms with van der Waals surface area (Å²) in [7, 11) is 0. The van der Waals surface area contributed by atoms with Crippen molar-refractivity contribution in [3.05, 3.63) is 102 Å². The molecular formula is C29H30N4O2. The molecule has 4 rings (SSSR count). The third kappa shape index (κ3) is 5.27. The highest BCUT2D eigenvalue weighted by Gasteiger charge is 2.11. The normalized spacial score (nSPS) is 11.1. The Hall–Kier alpha value is -4.32. The molecule has 0 radical (unpaired) electrons. The van der Waals surface area contributed by atoms with Crippen LogP contribution >= 0.6 is 0 Å². The van der Waals surface area contributed by atoms with Gasteiger partial charge >= 0.3 is 0 Å². The summed E-state index contributed by atoms with van der Waals surface area (Å²) in [5.41, 5.74) is 8.83. The predicted octanol–water partition coefficient (Wildman–Crippen LogP) is 5.77. The van der Waals surface area contributed by atoms with Gasteiger partial charge in [0.05, 0.1) is 11.9 Å². The number of phenols is 1. The summed E-state index contributed by atoms with van der Waals surface area (Å²) < 4.78 is 2.17. The Labute approximate surface area is 206 Å². The third-order valence-electron chi connectivity index (χ3n) is 6.05. The molecule has 2 N–H and O–H groups in total. The summed E-state index contributed by atoms with van der Waals surface area (Å²) >= 11 is 0. The average molecular weight is 467 g/mol. The van der Waals surface area contributed by atoms with Gasteiger partial charge in [0, 0.05) is 47.4 Å². The molecule has 0 aliphatic heterocycles. The maximum atomic E-state index is 12.6. The molecule has 0 aliphatic carbocycles. The second-order valence-corrected chi connectivity index (χ2v) is 8.22. The van der Waals surface area contributed by atoms with E-state index in [1.165, 1.54) is 6.21 Å². The number of carbonyl (C=O) groups excluding carboxylic acids is 1. The number of benzene rings is 3. The molecule has 178 valence electrons. The molecule has 35 heavy (non-hydrogen) atoms. The minimum Gasteiger partial charge on any atom is -0.507 e. The lowest BCUT2D eigenvalue weighted by atomic mass is 10.1. The number of aryl methyl sites for hydroxylation is 1. The number of anilines is 1. The van der Waals surface area contributed by atoms with Gasteiger partial charge in [0.1, 0.15) is 5.75 Å². The summed E-state index contributed by atoms with van der Waals surface area (Å²) in [4.78, 5) is 14.7. The van der Waals surface area contributed by atoms with Crippen molar-refractivity contribution in [2.75, 3.05) is 18.0 Å². The lowest BCUT2D eigenvalue weighted by Gasteiger charge is -2.21. The van der Waals surface area contributed by atoms with Gasteiger partial charge in [0.2, 0.25) is 0 Å². The van der Waals surface area contributed by atoms with E-state index in [-0.39, 0.29) is 11.7 Å². The zero-order valence-corrected chi connectivity index (χ0v) is 20.3. The molecule has 0 saturated carbocycles. The van der Waals surface area contributed by atoms with Gasteiger partial charge in [-0.25, -0.2) is 5.43 Å². The smallest absolute Gasteiger partial charge is 0.271 e. The van der Waals surface area contributed by atoms with Gasteiger partial charge in [0.15, 0.2) is 0 Å². The molecule has 3 aromatic carbocycles. The number of hydrogen-bond acceptors (Lipinski definition) is 4. The van der Waals surface area contributed by atoms with Crippen molar-refractivity contribution in [3.63, 3.8) is 0 Å². The van der Waals surface area contributed by atoms with Crippen LogP contribution in [-0.4, -0.2) is 34.9 Å². The van der Waals surface area contributed by atoms with Crippen molar-refractivity contribution in [2.45, 2.75) is 20.8 Å². The minimum atomic E-state index is -0.320. The molecule has 1 amide bonds. The molecular weight excluding hydrogens is 436 g/mol. The molecule has 1 aromatic heterocycles. The highest BCUT2D eigenvalue weighted by molar-refractivity contribution is 5.95. The molecule has 0 saturated heterocycles. The summed E-state index contributed by atoms with van der Waals surface area (Å²) in [5, 5.41) is 14.4. The highest BCUT2D eigenvalue weighted by atomic mass is 16.3. The van der Waals surface area contributed by atoms with Crippen LogP contribution in [0.25, 0.3) is 16.9 Å².